The third-order valence-corrected chi connectivity index (χ3v) is 1.26. The molecule has 0 spiro atoms. The highest BCUT2D eigenvalue weighted by atomic mass is 32.1. The number of nitrogens with zero attached hydrogens (tertiary/aromatic N) is 2. The van der Waals surface area contributed by atoms with Crippen LogP contribution in [0, 0.1) is 11.3 Å². The Labute approximate surface area is 93.9 Å². The first-order valence-corrected chi connectivity index (χ1v) is 4.10. The first-order valence-electron chi connectivity index (χ1n) is 3.69. The Kier molecular flexibility index (Phi) is 5.93. The van der Waals surface area contributed by atoms with Gasteiger partial charge in [0.25, 0.3) is 0 Å². The van der Waals surface area contributed by atoms with Crippen LogP contribution in [0.2, 0.25) is 0 Å². The van der Waals surface area contributed by atoms with Gasteiger partial charge in [-0.1, -0.05) is 0 Å². The van der Waals surface area contributed by atoms with Gasteiger partial charge in [0.15, 0.2) is 0 Å². The number of hydrogen-bond donors (Lipinski definition) is 0. The second-order valence-electron chi connectivity index (χ2n) is 2.32. The molecular formula is C9H4F4N2S. The average molecular weight is 248 g/mol. The third kappa shape index (κ3) is 6.65. The fraction of sp³-hybridized carbons (Fsp3) is 0.111. The Morgan fingerprint density at radius 1 is 1.31 bits per heavy atom. The lowest BCUT2D eigenvalue weighted by atomic mass is 10.2. The van der Waals surface area contributed by atoms with Crippen LogP contribution in [0.1, 0.15) is 0 Å². The first kappa shape index (κ1) is 14.2. The fourth-order valence-corrected chi connectivity index (χ4v) is 0.725. The van der Waals surface area contributed by atoms with Crippen molar-refractivity contribution >= 4 is 17.4 Å². The Balaban J connectivity index is 4.96. The van der Waals surface area contributed by atoms with Gasteiger partial charge in [-0.05, 0) is 24.4 Å². The summed E-state index contributed by atoms with van der Waals surface area (Å²) in [6.45, 7) is 0. The Hall–Kier alpha value is -1.77. The van der Waals surface area contributed by atoms with E-state index in [0.717, 1.165) is 12.2 Å². The third-order valence-electron chi connectivity index (χ3n) is 1.17. The highest BCUT2D eigenvalue weighted by Crippen LogP contribution is 2.19. The molecule has 7 heteroatoms. The molecular weight excluding hydrogens is 244 g/mol. The molecule has 16 heavy (non-hydrogen) atoms. The molecule has 0 aromatic carbocycles. The van der Waals surface area contributed by atoms with Crippen LogP contribution in [0.3, 0.4) is 0 Å². The lowest BCUT2D eigenvalue weighted by Gasteiger charge is -1.97. The Morgan fingerprint density at radius 2 is 1.94 bits per heavy atom. The highest BCUT2D eigenvalue weighted by molar-refractivity contribution is 7.78. The maximum atomic E-state index is 12.0. The van der Waals surface area contributed by atoms with E-state index in [2.05, 4.69) is 17.2 Å². The van der Waals surface area contributed by atoms with Gasteiger partial charge in [0, 0.05) is 6.08 Å². The Morgan fingerprint density at radius 3 is 2.31 bits per heavy atom. The van der Waals surface area contributed by atoms with Crippen molar-refractivity contribution in [3.8, 4) is 6.07 Å². The second-order valence-corrected chi connectivity index (χ2v) is 2.51. The van der Waals surface area contributed by atoms with Gasteiger partial charge in [-0.15, -0.1) is 0 Å². The van der Waals surface area contributed by atoms with Gasteiger partial charge in [-0.3, -0.25) is 0 Å². The molecule has 2 nitrogen and oxygen atoms in total. The molecule has 0 atom stereocenters. The zero-order valence-electron chi connectivity index (χ0n) is 7.62. The molecule has 84 valence electrons. The Bertz CT molecular complexity index is 420. The lowest BCUT2D eigenvalue weighted by molar-refractivity contribution is -0.0801. The normalized spacial score (nSPS) is 13.4. The molecule has 0 N–H and O–H groups in total. The number of hydrogen-bond acceptors (Lipinski definition) is 3. The minimum absolute atomic E-state index is 0.0262. The molecule has 0 radical (unpaired) electrons. The smallest absolute Gasteiger partial charge is 0.213 e. The molecule has 0 amide bonds. The summed E-state index contributed by atoms with van der Waals surface area (Å²) in [7, 11) is 0. The zero-order valence-corrected chi connectivity index (χ0v) is 8.44. The maximum absolute atomic E-state index is 12.0. The number of thiocarbonyl (C=S) groups is 1. The van der Waals surface area contributed by atoms with Crippen molar-refractivity contribution in [3.63, 3.8) is 0 Å². The summed E-state index contributed by atoms with van der Waals surface area (Å²) in [5.41, 5.74) is -1.01. The number of isothiocyanates is 1. The highest BCUT2D eigenvalue weighted by Gasteiger charge is 2.23. The average Bonchev–Trinajstić information content (AvgIpc) is 2.20. The summed E-state index contributed by atoms with van der Waals surface area (Å²) in [6, 6.07) is 1.30. The van der Waals surface area contributed by atoms with Crippen molar-refractivity contribution in [2.24, 2.45) is 4.99 Å². The predicted octanol–water partition coefficient (Wildman–Crippen LogP) is 3.47. The first-order chi connectivity index (χ1) is 7.42. The van der Waals surface area contributed by atoms with Crippen LogP contribution in [0.15, 0.2) is 40.8 Å². The van der Waals surface area contributed by atoms with Crippen LogP contribution in [-0.2, 0) is 0 Å². The maximum Gasteiger partial charge on any atom is 0.411 e. The van der Waals surface area contributed by atoms with Gasteiger partial charge < -0.3 is 0 Å². The van der Waals surface area contributed by atoms with Crippen molar-refractivity contribution < 1.29 is 17.6 Å². The van der Waals surface area contributed by atoms with Gasteiger partial charge in [0.1, 0.15) is 12.0 Å². The molecule has 0 heterocycles. The minimum Gasteiger partial charge on any atom is -0.213 e. The van der Waals surface area contributed by atoms with Crippen molar-refractivity contribution in [3.05, 3.63) is 35.8 Å². The van der Waals surface area contributed by atoms with Crippen molar-refractivity contribution in [1.29, 1.82) is 5.26 Å². The second kappa shape index (κ2) is 6.67. The molecule has 0 saturated heterocycles. The molecule has 0 saturated carbocycles. The molecule has 0 aromatic heterocycles. The number of aliphatic imine (C=N–C) groups is 1. The van der Waals surface area contributed by atoms with Crippen LogP contribution in [-0.4, -0.2) is 11.3 Å². The van der Waals surface area contributed by atoms with E-state index in [-0.39, 0.29) is 18.1 Å². The molecule has 0 fully saturated rings. The number of alkyl halides is 3. The van der Waals surface area contributed by atoms with E-state index < -0.39 is 11.7 Å². The molecule has 0 aromatic rings. The molecule has 0 unspecified atom stereocenters. The molecule has 0 aliphatic carbocycles. The van der Waals surface area contributed by atoms with Gasteiger partial charge in [0.05, 0.1) is 16.8 Å². The minimum atomic E-state index is -4.61. The largest absolute Gasteiger partial charge is 0.411 e. The SMILES string of the molecule is N#CC(/C=C\C(=C\F)N=C=S)=C\C(F)(F)F. The van der Waals surface area contributed by atoms with E-state index >= 15 is 0 Å². The van der Waals surface area contributed by atoms with Crippen LogP contribution < -0.4 is 0 Å². The van der Waals surface area contributed by atoms with Crippen molar-refractivity contribution in [1.82, 2.24) is 0 Å². The van der Waals surface area contributed by atoms with Gasteiger partial charge in [0.2, 0.25) is 0 Å². The molecule has 0 aliphatic rings. The van der Waals surface area contributed by atoms with Crippen molar-refractivity contribution in [2.45, 2.75) is 6.18 Å². The lowest BCUT2D eigenvalue weighted by Crippen LogP contribution is -2.02. The standard InChI is InChI=1S/C9H4F4N2S/c10-4-8(15-6-16)2-1-7(5-14)3-9(11,12)13/h1-4H/b2-1-,7-3-,8-4-. The quantitative estimate of drug-likeness (QED) is 0.252. The fourth-order valence-electron chi connectivity index (χ4n) is 0.620. The van der Waals surface area contributed by atoms with Crippen LogP contribution in [0.5, 0.6) is 0 Å². The van der Waals surface area contributed by atoms with Crippen LogP contribution >= 0.6 is 12.2 Å². The summed E-state index contributed by atoms with van der Waals surface area (Å²) < 4.78 is 47.6. The molecule has 0 aliphatic heterocycles. The topological polar surface area (TPSA) is 36.1 Å². The van der Waals surface area contributed by atoms with E-state index in [4.69, 9.17) is 5.26 Å². The van der Waals surface area contributed by atoms with Crippen LogP contribution in [0.4, 0.5) is 17.6 Å². The van der Waals surface area contributed by atoms with E-state index in [1.54, 1.807) is 0 Å². The number of rotatable bonds is 3. The number of allylic oxidation sites excluding steroid dienone is 4. The monoisotopic (exact) mass is 248 g/mol. The zero-order chi connectivity index (χ0) is 12.6. The van der Waals surface area contributed by atoms with E-state index in [1.807, 2.05) is 5.16 Å². The van der Waals surface area contributed by atoms with Gasteiger partial charge in [-0.25, -0.2) is 4.39 Å². The predicted molar refractivity (Wildman–Crippen MR) is 53.1 cm³/mol. The number of halogens is 4. The van der Waals surface area contributed by atoms with Gasteiger partial charge >= 0.3 is 6.18 Å². The summed E-state index contributed by atoms with van der Waals surface area (Å²) >= 11 is 4.17. The van der Waals surface area contributed by atoms with Crippen molar-refractivity contribution in [2.75, 3.05) is 0 Å². The van der Waals surface area contributed by atoms with E-state index in [0.29, 0.717) is 0 Å². The molecule has 0 bridgehead atoms. The molecule has 0 rings (SSSR count). The van der Waals surface area contributed by atoms with E-state index in [9.17, 15) is 17.6 Å². The number of nitriles is 1. The van der Waals surface area contributed by atoms with E-state index in [1.165, 1.54) is 6.07 Å². The summed E-state index contributed by atoms with van der Waals surface area (Å²) in [4.78, 5) is 3.19. The summed E-state index contributed by atoms with van der Waals surface area (Å²) in [6.07, 6.45) is -3.14. The van der Waals surface area contributed by atoms with Gasteiger partial charge in [-0.2, -0.15) is 23.4 Å². The summed E-state index contributed by atoms with van der Waals surface area (Å²) in [5.74, 6) is 0. The van der Waals surface area contributed by atoms with Crippen LogP contribution in [0.25, 0.3) is 0 Å². The summed E-state index contributed by atoms with van der Waals surface area (Å²) in [5, 5.41) is 10.2.